The van der Waals surface area contributed by atoms with E-state index in [1.807, 2.05) is 6.92 Å². The molecule has 0 radical (unpaired) electrons. The molecule has 1 aliphatic rings. The second-order valence-electron chi connectivity index (χ2n) is 7.19. The van der Waals surface area contributed by atoms with Gasteiger partial charge in [0.25, 0.3) is 0 Å². The highest BCUT2D eigenvalue weighted by atomic mass is 79.9. The largest absolute Gasteiger partial charge is 0.356 e. The van der Waals surface area contributed by atoms with Gasteiger partial charge < -0.3 is 15.2 Å². The molecule has 2 aromatic rings. The SMILES string of the molecule is CN=C(NCCc1nc(C)no1)NCC1(c2cccc(Br)c2)CCCCC1. The summed E-state index contributed by atoms with van der Waals surface area (Å²) in [6.07, 6.45) is 6.96. The maximum absolute atomic E-state index is 5.15. The third-order valence-electron chi connectivity index (χ3n) is 5.27. The van der Waals surface area contributed by atoms with Gasteiger partial charge in [0.2, 0.25) is 5.89 Å². The highest BCUT2D eigenvalue weighted by Gasteiger charge is 2.34. The number of nitrogens with zero attached hydrogens (tertiary/aromatic N) is 3. The molecule has 146 valence electrons. The van der Waals surface area contributed by atoms with E-state index >= 15 is 0 Å². The zero-order valence-corrected chi connectivity index (χ0v) is 17.7. The first kappa shape index (κ1) is 19.9. The summed E-state index contributed by atoms with van der Waals surface area (Å²) in [6, 6.07) is 8.75. The summed E-state index contributed by atoms with van der Waals surface area (Å²) in [6.45, 7) is 3.40. The Kier molecular flexibility index (Phi) is 6.88. The summed E-state index contributed by atoms with van der Waals surface area (Å²) in [4.78, 5) is 8.60. The Morgan fingerprint density at radius 1 is 1.26 bits per heavy atom. The van der Waals surface area contributed by atoms with Crippen LogP contribution in [-0.4, -0.2) is 36.2 Å². The normalized spacial score (nSPS) is 16.9. The molecular weight excluding hydrogens is 406 g/mol. The van der Waals surface area contributed by atoms with Gasteiger partial charge in [-0.2, -0.15) is 4.98 Å². The van der Waals surface area contributed by atoms with Gasteiger partial charge in [0.05, 0.1) is 0 Å². The maximum Gasteiger partial charge on any atom is 0.228 e. The van der Waals surface area contributed by atoms with Crippen molar-refractivity contribution in [3.8, 4) is 0 Å². The number of rotatable bonds is 6. The van der Waals surface area contributed by atoms with E-state index in [0.29, 0.717) is 24.7 Å². The lowest BCUT2D eigenvalue weighted by Crippen LogP contribution is -2.47. The molecule has 27 heavy (non-hydrogen) atoms. The molecule has 1 aliphatic carbocycles. The molecule has 0 saturated heterocycles. The van der Waals surface area contributed by atoms with Crippen molar-refractivity contribution in [2.24, 2.45) is 4.99 Å². The lowest BCUT2D eigenvalue weighted by Gasteiger charge is -2.38. The molecule has 1 aromatic carbocycles. The maximum atomic E-state index is 5.15. The topological polar surface area (TPSA) is 75.3 Å². The number of nitrogens with one attached hydrogen (secondary N) is 2. The van der Waals surface area contributed by atoms with E-state index in [0.717, 1.165) is 17.0 Å². The highest BCUT2D eigenvalue weighted by molar-refractivity contribution is 9.10. The summed E-state index contributed by atoms with van der Waals surface area (Å²) in [5.74, 6) is 2.13. The highest BCUT2D eigenvalue weighted by Crippen LogP contribution is 2.39. The summed E-state index contributed by atoms with van der Waals surface area (Å²) < 4.78 is 6.30. The number of halogens is 1. The van der Waals surface area contributed by atoms with Crippen LogP contribution in [-0.2, 0) is 11.8 Å². The summed E-state index contributed by atoms with van der Waals surface area (Å²) >= 11 is 3.63. The number of guanidine groups is 1. The van der Waals surface area contributed by atoms with Crippen LogP contribution in [0.15, 0.2) is 38.3 Å². The van der Waals surface area contributed by atoms with Gasteiger partial charge in [-0.25, -0.2) is 0 Å². The molecule has 1 fully saturated rings. The fourth-order valence-electron chi connectivity index (χ4n) is 3.82. The Labute approximate surface area is 169 Å². The first-order chi connectivity index (χ1) is 13.1. The molecule has 0 spiro atoms. The second-order valence-corrected chi connectivity index (χ2v) is 8.10. The Hall–Kier alpha value is -1.89. The first-order valence-electron chi connectivity index (χ1n) is 9.61. The molecular formula is C20H28BrN5O. The fraction of sp³-hybridized carbons (Fsp3) is 0.550. The monoisotopic (exact) mass is 433 g/mol. The lowest BCUT2D eigenvalue weighted by atomic mass is 9.69. The Morgan fingerprint density at radius 2 is 2.07 bits per heavy atom. The molecule has 0 unspecified atom stereocenters. The van der Waals surface area contributed by atoms with Gasteiger partial charge in [-0.05, 0) is 37.5 Å². The van der Waals surface area contributed by atoms with Crippen LogP contribution in [0.1, 0.15) is 49.4 Å². The quantitative estimate of drug-likeness (QED) is 0.535. The minimum atomic E-state index is 0.156. The van der Waals surface area contributed by atoms with Crippen molar-refractivity contribution in [2.75, 3.05) is 20.1 Å². The molecule has 0 amide bonds. The van der Waals surface area contributed by atoms with Crippen LogP contribution in [0.2, 0.25) is 0 Å². The van der Waals surface area contributed by atoms with Crippen molar-refractivity contribution in [1.29, 1.82) is 0 Å². The number of aromatic nitrogens is 2. The standard InChI is InChI=1S/C20H28BrN5O/c1-15-25-18(27-26-15)9-12-23-19(22-2)24-14-20(10-4-3-5-11-20)16-7-6-8-17(21)13-16/h6-8,13H,3-5,9-12,14H2,1-2H3,(H2,22,23,24). The van der Waals surface area contributed by atoms with Crippen molar-refractivity contribution in [3.05, 3.63) is 46.0 Å². The van der Waals surface area contributed by atoms with Gasteiger partial charge >= 0.3 is 0 Å². The van der Waals surface area contributed by atoms with Crippen molar-refractivity contribution >= 4 is 21.9 Å². The third kappa shape index (κ3) is 5.31. The second kappa shape index (κ2) is 9.35. The van der Waals surface area contributed by atoms with Gasteiger partial charge in [-0.15, -0.1) is 0 Å². The molecule has 2 N–H and O–H groups in total. The molecule has 0 aliphatic heterocycles. The predicted molar refractivity (Wildman–Crippen MR) is 111 cm³/mol. The Bertz CT molecular complexity index is 767. The Balaban J connectivity index is 1.60. The zero-order valence-electron chi connectivity index (χ0n) is 16.1. The van der Waals surface area contributed by atoms with E-state index in [-0.39, 0.29) is 5.41 Å². The zero-order chi connectivity index (χ0) is 19.1. The van der Waals surface area contributed by atoms with E-state index in [1.54, 1.807) is 7.05 Å². The van der Waals surface area contributed by atoms with Gasteiger partial charge in [-0.3, -0.25) is 4.99 Å². The Morgan fingerprint density at radius 3 is 2.74 bits per heavy atom. The van der Waals surface area contributed by atoms with Crippen LogP contribution >= 0.6 is 15.9 Å². The van der Waals surface area contributed by atoms with Crippen LogP contribution in [0, 0.1) is 6.92 Å². The molecule has 0 atom stereocenters. The van der Waals surface area contributed by atoms with Gasteiger partial charge in [0.15, 0.2) is 11.8 Å². The van der Waals surface area contributed by atoms with Crippen LogP contribution in [0.3, 0.4) is 0 Å². The van der Waals surface area contributed by atoms with Gasteiger partial charge in [-0.1, -0.05) is 52.5 Å². The molecule has 1 heterocycles. The molecule has 1 saturated carbocycles. The smallest absolute Gasteiger partial charge is 0.228 e. The summed E-state index contributed by atoms with van der Waals surface area (Å²) in [5.41, 5.74) is 1.56. The first-order valence-corrected chi connectivity index (χ1v) is 10.4. The van der Waals surface area contributed by atoms with Crippen molar-refractivity contribution in [1.82, 2.24) is 20.8 Å². The molecule has 0 bridgehead atoms. The average Bonchev–Trinajstić information content (AvgIpc) is 3.10. The summed E-state index contributed by atoms with van der Waals surface area (Å²) in [7, 11) is 1.80. The summed E-state index contributed by atoms with van der Waals surface area (Å²) in [5, 5.41) is 10.7. The number of hydrogen-bond acceptors (Lipinski definition) is 4. The minimum absolute atomic E-state index is 0.156. The number of aliphatic imine (C=N–C) groups is 1. The van der Waals surface area contributed by atoms with E-state index in [4.69, 9.17) is 4.52 Å². The number of benzene rings is 1. The third-order valence-corrected chi connectivity index (χ3v) is 5.76. The van der Waals surface area contributed by atoms with Gasteiger partial charge in [0.1, 0.15) is 0 Å². The molecule has 7 heteroatoms. The number of aryl methyl sites for hydroxylation is 1. The van der Waals surface area contributed by atoms with Crippen molar-refractivity contribution in [3.63, 3.8) is 0 Å². The van der Waals surface area contributed by atoms with Crippen LogP contribution < -0.4 is 10.6 Å². The van der Waals surface area contributed by atoms with E-state index in [9.17, 15) is 0 Å². The van der Waals surface area contributed by atoms with E-state index in [1.165, 1.54) is 37.7 Å². The van der Waals surface area contributed by atoms with Crippen LogP contribution in [0.5, 0.6) is 0 Å². The van der Waals surface area contributed by atoms with Crippen LogP contribution in [0.25, 0.3) is 0 Å². The molecule has 1 aromatic heterocycles. The minimum Gasteiger partial charge on any atom is -0.356 e. The van der Waals surface area contributed by atoms with Gasteiger partial charge in [0, 0.05) is 36.4 Å². The fourth-order valence-corrected chi connectivity index (χ4v) is 4.22. The van der Waals surface area contributed by atoms with Crippen molar-refractivity contribution in [2.45, 2.75) is 50.9 Å². The average molecular weight is 434 g/mol. The number of hydrogen-bond donors (Lipinski definition) is 2. The lowest BCUT2D eigenvalue weighted by molar-refractivity contribution is 0.291. The van der Waals surface area contributed by atoms with Crippen LogP contribution in [0.4, 0.5) is 0 Å². The van der Waals surface area contributed by atoms with E-state index in [2.05, 4.69) is 66.0 Å². The predicted octanol–water partition coefficient (Wildman–Crippen LogP) is 3.75. The molecule has 3 rings (SSSR count). The van der Waals surface area contributed by atoms with Crippen molar-refractivity contribution < 1.29 is 4.52 Å². The van der Waals surface area contributed by atoms with E-state index < -0.39 is 0 Å². The molecule has 6 nitrogen and oxygen atoms in total.